The summed E-state index contributed by atoms with van der Waals surface area (Å²) in [7, 11) is 1.67. The van der Waals surface area contributed by atoms with Crippen molar-refractivity contribution in [2.45, 2.75) is 12.5 Å². The van der Waals surface area contributed by atoms with Crippen molar-refractivity contribution in [2.24, 2.45) is 5.73 Å². The normalized spacial score (nSPS) is 12.9. The van der Waals surface area contributed by atoms with Gasteiger partial charge in [-0.25, -0.2) is 4.98 Å². The molecule has 2 aromatic rings. The smallest absolute Gasteiger partial charge is 0.123 e. The number of H-pyrrole nitrogens is 1. The van der Waals surface area contributed by atoms with Crippen molar-refractivity contribution in [3.05, 3.63) is 28.8 Å². The van der Waals surface area contributed by atoms with Crippen molar-refractivity contribution in [3.8, 4) is 11.3 Å². The van der Waals surface area contributed by atoms with Crippen molar-refractivity contribution in [3.63, 3.8) is 0 Å². The first-order valence-electron chi connectivity index (χ1n) is 5.13. The summed E-state index contributed by atoms with van der Waals surface area (Å²) in [4.78, 5) is 7.53. The zero-order valence-electron chi connectivity index (χ0n) is 9.14. The molecular formula is C11H15N3OS. The number of hydrogen-bond acceptors (Lipinski definition) is 4. The van der Waals surface area contributed by atoms with E-state index in [0.29, 0.717) is 6.61 Å². The molecule has 0 amide bonds. The number of nitrogens with one attached hydrogen (secondary N) is 1. The third-order valence-electron chi connectivity index (χ3n) is 2.41. The Balaban J connectivity index is 2.07. The number of nitrogens with zero attached hydrogens (tertiary/aromatic N) is 1. The monoisotopic (exact) mass is 237 g/mol. The topological polar surface area (TPSA) is 63.9 Å². The molecule has 0 aromatic carbocycles. The van der Waals surface area contributed by atoms with Gasteiger partial charge in [-0.15, -0.1) is 0 Å². The number of imidazole rings is 1. The van der Waals surface area contributed by atoms with Crippen molar-refractivity contribution in [1.82, 2.24) is 9.97 Å². The second-order valence-electron chi connectivity index (χ2n) is 3.58. The third-order valence-corrected chi connectivity index (χ3v) is 3.10. The van der Waals surface area contributed by atoms with Crippen LogP contribution in [0.25, 0.3) is 11.3 Å². The largest absolute Gasteiger partial charge is 0.385 e. The molecule has 0 aliphatic heterocycles. The lowest BCUT2D eigenvalue weighted by Crippen LogP contribution is -2.14. The number of rotatable bonds is 5. The molecule has 0 aliphatic rings. The summed E-state index contributed by atoms with van der Waals surface area (Å²) in [6.45, 7) is 0.648. The Bertz CT molecular complexity index is 424. The Morgan fingerprint density at radius 2 is 2.50 bits per heavy atom. The van der Waals surface area contributed by atoms with E-state index in [1.54, 1.807) is 18.4 Å². The van der Waals surface area contributed by atoms with Gasteiger partial charge in [-0.3, -0.25) is 0 Å². The summed E-state index contributed by atoms with van der Waals surface area (Å²) < 4.78 is 4.99. The molecule has 2 aromatic heterocycles. The highest BCUT2D eigenvalue weighted by molar-refractivity contribution is 7.08. The number of thiophene rings is 1. The average Bonchev–Trinajstić information content (AvgIpc) is 2.94. The number of hydrogen-bond donors (Lipinski definition) is 2. The van der Waals surface area contributed by atoms with Crippen LogP contribution in [-0.2, 0) is 4.74 Å². The molecule has 0 saturated heterocycles. The molecule has 0 saturated carbocycles. The number of nitrogens with two attached hydrogens (primary N) is 1. The molecule has 0 radical (unpaired) electrons. The minimum atomic E-state index is -0.0904. The van der Waals surface area contributed by atoms with Gasteiger partial charge in [-0.05, 0) is 17.9 Å². The highest BCUT2D eigenvalue weighted by atomic mass is 32.1. The van der Waals surface area contributed by atoms with E-state index < -0.39 is 0 Å². The van der Waals surface area contributed by atoms with Gasteiger partial charge in [0.2, 0.25) is 0 Å². The lowest BCUT2D eigenvalue weighted by molar-refractivity contribution is 0.187. The zero-order valence-corrected chi connectivity index (χ0v) is 9.96. The quantitative estimate of drug-likeness (QED) is 0.837. The Labute approximate surface area is 98.5 Å². The SMILES string of the molecule is COCCC(N)c1ncc(-c2ccsc2)[nH]1. The van der Waals surface area contributed by atoms with Crippen LogP contribution < -0.4 is 5.73 Å². The molecule has 0 aliphatic carbocycles. The molecule has 2 heterocycles. The van der Waals surface area contributed by atoms with Crippen LogP contribution in [0.4, 0.5) is 0 Å². The lowest BCUT2D eigenvalue weighted by Gasteiger charge is -2.07. The summed E-state index contributed by atoms with van der Waals surface area (Å²) in [6.07, 6.45) is 2.59. The highest BCUT2D eigenvalue weighted by Gasteiger charge is 2.10. The molecule has 1 unspecified atom stereocenters. The summed E-state index contributed by atoms with van der Waals surface area (Å²) >= 11 is 1.67. The van der Waals surface area contributed by atoms with Gasteiger partial charge in [0.1, 0.15) is 5.82 Å². The van der Waals surface area contributed by atoms with E-state index in [0.717, 1.165) is 23.5 Å². The fourth-order valence-electron chi connectivity index (χ4n) is 1.47. The van der Waals surface area contributed by atoms with E-state index in [1.807, 2.05) is 11.6 Å². The molecule has 3 N–H and O–H groups in total. The number of methoxy groups -OCH3 is 1. The van der Waals surface area contributed by atoms with Crippen LogP contribution in [-0.4, -0.2) is 23.7 Å². The first kappa shape index (κ1) is 11.3. The minimum Gasteiger partial charge on any atom is -0.385 e. The first-order valence-corrected chi connectivity index (χ1v) is 6.07. The van der Waals surface area contributed by atoms with Crippen molar-refractivity contribution in [2.75, 3.05) is 13.7 Å². The summed E-state index contributed by atoms with van der Waals surface area (Å²) in [5.74, 6) is 0.818. The van der Waals surface area contributed by atoms with E-state index in [-0.39, 0.29) is 6.04 Å². The standard InChI is InChI=1S/C11H15N3OS/c1-15-4-2-9(12)11-13-6-10(14-11)8-3-5-16-7-8/h3,5-7,9H,2,4,12H2,1H3,(H,13,14). The fourth-order valence-corrected chi connectivity index (χ4v) is 2.13. The maximum Gasteiger partial charge on any atom is 0.123 e. The van der Waals surface area contributed by atoms with Gasteiger partial charge in [-0.2, -0.15) is 11.3 Å². The predicted octanol–water partition coefficient (Wildman–Crippen LogP) is 2.17. The first-order chi connectivity index (χ1) is 7.81. The van der Waals surface area contributed by atoms with Crippen LogP contribution >= 0.6 is 11.3 Å². The molecule has 0 bridgehead atoms. The molecule has 16 heavy (non-hydrogen) atoms. The zero-order chi connectivity index (χ0) is 11.4. The summed E-state index contributed by atoms with van der Waals surface area (Å²) in [6, 6.07) is 1.97. The Kier molecular flexibility index (Phi) is 3.71. The highest BCUT2D eigenvalue weighted by Crippen LogP contribution is 2.21. The van der Waals surface area contributed by atoms with Gasteiger partial charge in [-0.1, -0.05) is 0 Å². The Hall–Kier alpha value is -1.17. The van der Waals surface area contributed by atoms with Crippen molar-refractivity contribution < 1.29 is 4.74 Å². The second kappa shape index (κ2) is 5.25. The predicted molar refractivity (Wildman–Crippen MR) is 65.3 cm³/mol. The maximum atomic E-state index is 5.98. The number of ether oxygens (including phenoxy) is 1. The van der Waals surface area contributed by atoms with E-state index >= 15 is 0 Å². The molecule has 4 nitrogen and oxygen atoms in total. The minimum absolute atomic E-state index is 0.0904. The van der Waals surface area contributed by atoms with Gasteiger partial charge in [0.05, 0.1) is 17.9 Å². The van der Waals surface area contributed by atoms with Crippen LogP contribution in [0.1, 0.15) is 18.3 Å². The van der Waals surface area contributed by atoms with Gasteiger partial charge in [0.15, 0.2) is 0 Å². The lowest BCUT2D eigenvalue weighted by atomic mass is 10.2. The van der Waals surface area contributed by atoms with E-state index in [9.17, 15) is 0 Å². The van der Waals surface area contributed by atoms with Gasteiger partial charge in [0, 0.05) is 24.7 Å². The Morgan fingerprint density at radius 3 is 3.19 bits per heavy atom. The van der Waals surface area contributed by atoms with Crippen LogP contribution in [0.2, 0.25) is 0 Å². The van der Waals surface area contributed by atoms with Gasteiger partial charge >= 0.3 is 0 Å². The van der Waals surface area contributed by atoms with E-state index in [1.165, 1.54) is 0 Å². The van der Waals surface area contributed by atoms with E-state index in [2.05, 4.69) is 21.4 Å². The molecule has 1 atom stereocenters. The van der Waals surface area contributed by atoms with Crippen LogP contribution in [0, 0.1) is 0 Å². The number of aromatic nitrogens is 2. The van der Waals surface area contributed by atoms with Gasteiger partial charge < -0.3 is 15.5 Å². The molecule has 2 rings (SSSR count). The van der Waals surface area contributed by atoms with Gasteiger partial charge in [0.25, 0.3) is 0 Å². The fraction of sp³-hybridized carbons (Fsp3) is 0.364. The maximum absolute atomic E-state index is 5.98. The third kappa shape index (κ3) is 2.49. The molecule has 0 fully saturated rings. The molecule has 86 valence electrons. The summed E-state index contributed by atoms with van der Waals surface area (Å²) in [5.41, 5.74) is 8.15. The Morgan fingerprint density at radius 1 is 1.62 bits per heavy atom. The molecular weight excluding hydrogens is 222 g/mol. The molecule has 0 spiro atoms. The van der Waals surface area contributed by atoms with Crippen LogP contribution in [0.15, 0.2) is 23.0 Å². The second-order valence-corrected chi connectivity index (χ2v) is 4.36. The van der Waals surface area contributed by atoms with Crippen molar-refractivity contribution >= 4 is 11.3 Å². The summed E-state index contributed by atoms with van der Waals surface area (Å²) in [5, 5.41) is 4.12. The number of aromatic amines is 1. The van der Waals surface area contributed by atoms with E-state index in [4.69, 9.17) is 10.5 Å². The molecule has 5 heteroatoms. The average molecular weight is 237 g/mol. The van der Waals surface area contributed by atoms with Crippen LogP contribution in [0.5, 0.6) is 0 Å². The van der Waals surface area contributed by atoms with Crippen LogP contribution in [0.3, 0.4) is 0 Å². The van der Waals surface area contributed by atoms with Crippen molar-refractivity contribution in [1.29, 1.82) is 0 Å².